The Morgan fingerprint density at radius 1 is 1.00 bits per heavy atom. The van der Waals surface area contributed by atoms with Crippen molar-refractivity contribution in [2.45, 2.75) is 6.54 Å². The second-order valence-electron chi connectivity index (χ2n) is 3.69. The largest absolute Gasteiger partial charge is 0.380 e. The van der Waals surface area contributed by atoms with E-state index in [0.717, 1.165) is 15.7 Å². The molecule has 0 aliphatic carbocycles. The molecule has 0 heterocycles. The molecule has 0 atom stereocenters. The van der Waals surface area contributed by atoms with E-state index in [1.807, 2.05) is 24.3 Å². The first-order chi connectivity index (χ1) is 8.58. The van der Waals surface area contributed by atoms with E-state index in [0.29, 0.717) is 21.6 Å². The molecule has 0 fully saturated rings. The minimum absolute atomic E-state index is 0.582. The Morgan fingerprint density at radius 3 is 2.56 bits per heavy atom. The van der Waals surface area contributed by atoms with Crippen LogP contribution in [0.2, 0.25) is 15.1 Å². The van der Waals surface area contributed by atoms with E-state index in [4.69, 9.17) is 34.8 Å². The molecule has 18 heavy (non-hydrogen) atoms. The Morgan fingerprint density at radius 2 is 1.78 bits per heavy atom. The summed E-state index contributed by atoms with van der Waals surface area (Å²) in [4.78, 5) is 0. The summed E-state index contributed by atoms with van der Waals surface area (Å²) in [5.74, 6) is 0. The summed E-state index contributed by atoms with van der Waals surface area (Å²) >= 11 is 21.5. The van der Waals surface area contributed by atoms with Crippen LogP contribution in [0.4, 0.5) is 5.69 Å². The van der Waals surface area contributed by atoms with Crippen LogP contribution in [-0.4, -0.2) is 0 Å². The lowest BCUT2D eigenvalue weighted by molar-refractivity contribution is 1.15. The van der Waals surface area contributed by atoms with Crippen molar-refractivity contribution in [3.8, 4) is 0 Å². The third-order valence-corrected chi connectivity index (χ3v) is 4.43. The average Bonchev–Trinajstić information content (AvgIpc) is 2.35. The van der Waals surface area contributed by atoms with Gasteiger partial charge in [0.1, 0.15) is 0 Å². The molecule has 0 saturated carbocycles. The van der Waals surface area contributed by atoms with E-state index in [1.54, 1.807) is 12.1 Å². The summed E-state index contributed by atoms with van der Waals surface area (Å²) < 4.78 is 0.838. The van der Waals surface area contributed by atoms with Crippen LogP contribution in [0.3, 0.4) is 0 Å². The number of anilines is 1. The lowest BCUT2D eigenvalue weighted by Crippen LogP contribution is -2.00. The maximum Gasteiger partial charge on any atom is 0.0593 e. The summed E-state index contributed by atoms with van der Waals surface area (Å²) in [5.41, 5.74) is 1.86. The number of rotatable bonds is 3. The number of hydrogen-bond donors (Lipinski definition) is 1. The number of nitrogens with one attached hydrogen (secondary N) is 1. The van der Waals surface area contributed by atoms with Crippen molar-refractivity contribution in [2.75, 3.05) is 5.32 Å². The fourth-order valence-electron chi connectivity index (χ4n) is 1.51. The van der Waals surface area contributed by atoms with Gasteiger partial charge < -0.3 is 5.32 Å². The Labute approximate surface area is 129 Å². The van der Waals surface area contributed by atoms with E-state index >= 15 is 0 Å². The lowest BCUT2D eigenvalue weighted by Gasteiger charge is -2.11. The van der Waals surface area contributed by atoms with Gasteiger partial charge in [-0.05, 0) is 51.8 Å². The van der Waals surface area contributed by atoms with Crippen LogP contribution in [0.15, 0.2) is 40.9 Å². The Hall–Kier alpha value is -0.410. The van der Waals surface area contributed by atoms with Crippen molar-refractivity contribution in [3.63, 3.8) is 0 Å². The third kappa shape index (κ3) is 3.33. The molecule has 2 rings (SSSR count). The van der Waals surface area contributed by atoms with Gasteiger partial charge in [0, 0.05) is 16.6 Å². The van der Waals surface area contributed by atoms with Gasteiger partial charge in [-0.3, -0.25) is 0 Å². The minimum Gasteiger partial charge on any atom is -0.380 e. The summed E-state index contributed by atoms with van der Waals surface area (Å²) in [6.45, 7) is 0.582. The standard InChI is InChI=1S/C13H9BrCl3N/c14-13-11(17)2-1-3-12(13)18-7-8-6-9(15)4-5-10(8)16/h1-6,18H,7H2. The van der Waals surface area contributed by atoms with E-state index in [9.17, 15) is 0 Å². The molecule has 1 N–H and O–H groups in total. The predicted octanol–water partition coefficient (Wildman–Crippen LogP) is 6.02. The smallest absolute Gasteiger partial charge is 0.0593 e. The predicted molar refractivity (Wildman–Crippen MR) is 82.9 cm³/mol. The van der Waals surface area contributed by atoms with Gasteiger partial charge >= 0.3 is 0 Å². The van der Waals surface area contributed by atoms with Crippen molar-refractivity contribution in [1.29, 1.82) is 0 Å². The van der Waals surface area contributed by atoms with Crippen LogP contribution in [0, 0.1) is 0 Å². The topological polar surface area (TPSA) is 12.0 Å². The molecular formula is C13H9BrCl3N. The van der Waals surface area contributed by atoms with Gasteiger partial charge in [0.15, 0.2) is 0 Å². The fourth-order valence-corrected chi connectivity index (χ4v) is 2.47. The molecule has 0 spiro atoms. The van der Waals surface area contributed by atoms with E-state index < -0.39 is 0 Å². The highest BCUT2D eigenvalue weighted by Crippen LogP contribution is 2.31. The highest BCUT2D eigenvalue weighted by atomic mass is 79.9. The molecule has 2 aromatic carbocycles. The fraction of sp³-hybridized carbons (Fsp3) is 0.0769. The maximum absolute atomic E-state index is 6.10. The molecular weight excluding hydrogens is 356 g/mol. The Balaban J connectivity index is 2.16. The van der Waals surface area contributed by atoms with Crippen molar-refractivity contribution in [2.24, 2.45) is 0 Å². The zero-order chi connectivity index (χ0) is 13.1. The van der Waals surface area contributed by atoms with Crippen LogP contribution in [-0.2, 0) is 6.54 Å². The third-order valence-electron chi connectivity index (χ3n) is 2.43. The van der Waals surface area contributed by atoms with Gasteiger partial charge in [-0.2, -0.15) is 0 Å². The molecule has 0 aliphatic heterocycles. The number of halogens is 4. The average molecular weight is 365 g/mol. The summed E-state index contributed by atoms with van der Waals surface area (Å²) in [7, 11) is 0. The second kappa shape index (κ2) is 6.16. The molecule has 0 aliphatic rings. The molecule has 0 bridgehead atoms. The number of hydrogen-bond acceptors (Lipinski definition) is 1. The first-order valence-corrected chi connectivity index (χ1v) is 7.12. The first-order valence-electron chi connectivity index (χ1n) is 5.20. The van der Waals surface area contributed by atoms with Crippen molar-refractivity contribution in [3.05, 3.63) is 61.5 Å². The quantitative estimate of drug-likeness (QED) is 0.701. The van der Waals surface area contributed by atoms with Gasteiger partial charge in [-0.15, -0.1) is 0 Å². The SMILES string of the molecule is Clc1ccc(Cl)c(CNc2cccc(Cl)c2Br)c1. The molecule has 94 valence electrons. The van der Waals surface area contributed by atoms with Crippen molar-refractivity contribution < 1.29 is 0 Å². The second-order valence-corrected chi connectivity index (χ2v) is 5.73. The van der Waals surface area contributed by atoms with Crippen LogP contribution in [0.25, 0.3) is 0 Å². The Bertz CT molecular complexity index is 570. The maximum atomic E-state index is 6.10. The van der Waals surface area contributed by atoms with Gasteiger partial charge in [0.05, 0.1) is 15.2 Å². The van der Waals surface area contributed by atoms with E-state index in [-0.39, 0.29) is 0 Å². The van der Waals surface area contributed by atoms with Crippen LogP contribution < -0.4 is 5.32 Å². The summed E-state index contributed by atoms with van der Waals surface area (Å²) in [6.07, 6.45) is 0. The van der Waals surface area contributed by atoms with Crippen molar-refractivity contribution >= 4 is 56.4 Å². The molecule has 5 heteroatoms. The first kappa shape index (κ1) is 14.0. The van der Waals surface area contributed by atoms with E-state index in [1.165, 1.54) is 0 Å². The Kier molecular flexibility index (Phi) is 4.79. The molecule has 0 radical (unpaired) electrons. The number of benzene rings is 2. The van der Waals surface area contributed by atoms with Crippen molar-refractivity contribution in [1.82, 2.24) is 0 Å². The summed E-state index contributed by atoms with van der Waals surface area (Å²) in [5, 5.41) is 5.28. The normalized spacial score (nSPS) is 10.4. The lowest BCUT2D eigenvalue weighted by atomic mass is 10.2. The molecule has 1 nitrogen and oxygen atoms in total. The van der Waals surface area contributed by atoms with Crippen LogP contribution >= 0.6 is 50.7 Å². The van der Waals surface area contributed by atoms with E-state index in [2.05, 4.69) is 21.2 Å². The highest BCUT2D eigenvalue weighted by Gasteiger charge is 2.05. The van der Waals surface area contributed by atoms with Crippen LogP contribution in [0.1, 0.15) is 5.56 Å². The molecule has 0 saturated heterocycles. The zero-order valence-corrected chi connectivity index (χ0v) is 13.0. The van der Waals surface area contributed by atoms with Gasteiger partial charge in [-0.25, -0.2) is 0 Å². The molecule has 2 aromatic rings. The van der Waals surface area contributed by atoms with Gasteiger partial charge in [-0.1, -0.05) is 40.9 Å². The van der Waals surface area contributed by atoms with Gasteiger partial charge in [0.2, 0.25) is 0 Å². The molecule has 0 amide bonds. The van der Waals surface area contributed by atoms with Gasteiger partial charge in [0.25, 0.3) is 0 Å². The highest BCUT2D eigenvalue weighted by molar-refractivity contribution is 9.10. The van der Waals surface area contributed by atoms with Crippen LogP contribution in [0.5, 0.6) is 0 Å². The minimum atomic E-state index is 0.582. The monoisotopic (exact) mass is 363 g/mol. The molecule has 0 unspecified atom stereocenters. The summed E-state index contributed by atoms with van der Waals surface area (Å²) in [6, 6.07) is 11.0. The zero-order valence-electron chi connectivity index (χ0n) is 9.18. The molecule has 0 aromatic heterocycles.